The van der Waals surface area contributed by atoms with Crippen molar-refractivity contribution in [2.24, 2.45) is 0 Å². The van der Waals surface area contributed by atoms with Gasteiger partial charge in [0.1, 0.15) is 11.7 Å². The van der Waals surface area contributed by atoms with Gasteiger partial charge in [0.25, 0.3) is 0 Å². The standard InChI is InChI=1S/C11H12N4/c1-3-9-5-8-7-13-10(6-12)14-11(8)15(9)4-2/h5,7H,3-4H2,1-2H3. The van der Waals surface area contributed by atoms with Crippen LogP contribution in [0.4, 0.5) is 0 Å². The maximum absolute atomic E-state index is 8.74. The Morgan fingerprint density at radius 2 is 2.27 bits per heavy atom. The number of hydrogen-bond donors (Lipinski definition) is 0. The van der Waals surface area contributed by atoms with Gasteiger partial charge in [0.05, 0.1) is 0 Å². The number of nitrogens with zero attached hydrogens (tertiary/aromatic N) is 4. The van der Waals surface area contributed by atoms with Gasteiger partial charge in [-0.15, -0.1) is 0 Å². The fourth-order valence-electron chi connectivity index (χ4n) is 1.79. The number of hydrogen-bond acceptors (Lipinski definition) is 3. The molecular weight excluding hydrogens is 188 g/mol. The molecule has 0 aromatic carbocycles. The molecule has 2 heterocycles. The summed E-state index contributed by atoms with van der Waals surface area (Å²) in [4.78, 5) is 8.19. The second-order valence-corrected chi connectivity index (χ2v) is 3.32. The lowest BCUT2D eigenvalue weighted by molar-refractivity contribution is 0.736. The minimum atomic E-state index is 0.234. The molecule has 0 bridgehead atoms. The first-order valence-electron chi connectivity index (χ1n) is 5.05. The molecule has 15 heavy (non-hydrogen) atoms. The smallest absolute Gasteiger partial charge is 0.234 e. The number of rotatable bonds is 2. The van der Waals surface area contributed by atoms with Crippen molar-refractivity contribution in [3.05, 3.63) is 23.8 Å². The molecule has 0 saturated carbocycles. The summed E-state index contributed by atoms with van der Waals surface area (Å²) >= 11 is 0. The molecule has 0 spiro atoms. The van der Waals surface area contributed by atoms with Crippen LogP contribution in [0.15, 0.2) is 12.3 Å². The highest BCUT2D eigenvalue weighted by Gasteiger charge is 2.08. The molecule has 2 aromatic heterocycles. The topological polar surface area (TPSA) is 54.5 Å². The van der Waals surface area contributed by atoms with E-state index in [4.69, 9.17) is 5.26 Å². The Kier molecular flexibility index (Phi) is 2.38. The first-order chi connectivity index (χ1) is 7.30. The first kappa shape index (κ1) is 9.66. The number of fused-ring (bicyclic) bond motifs is 1. The lowest BCUT2D eigenvalue weighted by Crippen LogP contribution is -2.01. The lowest BCUT2D eigenvalue weighted by Gasteiger charge is -2.04. The molecule has 0 aliphatic rings. The second kappa shape index (κ2) is 3.70. The predicted molar refractivity (Wildman–Crippen MR) is 57.3 cm³/mol. The fraction of sp³-hybridized carbons (Fsp3) is 0.364. The average Bonchev–Trinajstić information content (AvgIpc) is 2.65. The molecule has 0 N–H and O–H groups in total. The highest BCUT2D eigenvalue weighted by molar-refractivity contribution is 5.76. The minimum absolute atomic E-state index is 0.234. The lowest BCUT2D eigenvalue weighted by atomic mass is 10.3. The quantitative estimate of drug-likeness (QED) is 0.743. The van der Waals surface area contributed by atoms with Crippen LogP contribution < -0.4 is 0 Å². The highest BCUT2D eigenvalue weighted by Crippen LogP contribution is 2.17. The number of aromatic nitrogens is 3. The Hall–Kier alpha value is -1.89. The van der Waals surface area contributed by atoms with Crippen molar-refractivity contribution in [2.75, 3.05) is 0 Å². The molecule has 0 amide bonds. The van der Waals surface area contributed by atoms with Gasteiger partial charge in [0.15, 0.2) is 0 Å². The van der Waals surface area contributed by atoms with E-state index >= 15 is 0 Å². The van der Waals surface area contributed by atoms with Gasteiger partial charge < -0.3 is 4.57 Å². The molecule has 0 unspecified atom stereocenters. The Morgan fingerprint density at radius 3 is 2.87 bits per heavy atom. The number of aryl methyl sites for hydroxylation is 2. The maximum Gasteiger partial charge on any atom is 0.234 e. The molecule has 0 atom stereocenters. The highest BCUT2D eigenvalue weighted by atomic mass is 15.1. The average molecular weight is 200 g/mol. The van der Waals surface area contributed by atoms with Crippen molar-refractivity contribution in [3.8, 4) is 6.07 Å². The molecule has 0 aliphatic carbocycles. The van der Waals surface area contributed by atoms with Gasteiger partial charge >= 0.3 is 0 Å². The van der Waals surface area contributed by atoms with Crippen molar-refractivity contribution >= 4 is 11.0 Å². The third-order valence-electron chi connectivity index (χ3n) is 2.50. The Balaban J connectivity index is 2.74. The van der Waals surface area contributed by atoms with Crippen LogP contribution in [0.25, 0.3) is 11.0 Å². The van der Waals surface area contributed by atoms with E-state index in [1.807, 2.05) is 6.07 Å². The summed E-state index contributed by atoms with van der Waals surface area (Å²) in [6.07, 6.45) is 2.68. The van der Waals surface area contributed by atoms with E-state index in [0.29, 0.717) is 0 Å². The van der Waals surface area contributed by atoms with Crippen LogP contribution in [0.3, 0.4) is 0 Å². The van der Waals surface area contributed by atoms with Gasteiger partial charge in [-0.1, -0.05) is 6.92 Å². The van der Waals surface area contributed by atoms with Crippen molar-refractivity contribution in [2.45, 2.75) is 26.8 Å². The summed E-state index contributed by atoms with van der Waals surface area (Å²) in [5.74, 6) is 0.234. The van der Waals surface area contributed by atoms with E-state index in [-0.39, 0.29) is 5.82 Å². The van der Waals surface area contributed by atoms with Crippen LogP contribution >= 0.6 is 0 Å². The maximum atomic E-state index is 8.74. The Labute approximate surface area is 88.2 Å². The molecule has 2 rings (SSSR count). The van der Waals surface area contributed by atoms with Crippen molar-refractivity contribution < 1.29 is 0 Å². The molecule has 76 valence electrons. The molecule has 0 saturated heterocycles. The van der Waals surface area contributed by atoms with Gasteiger partial charge in [-0.05, 0) is 19.4 Å². The van der Waals surface area contributed by atoms with Crippen molar-refractivity contribution in [1.29, 1.82) is 5.26 Å². The molecule has 4 nitrogen and oxygen atoms in total. The summed E-state index contributed by atoms with van der Waals surface area (Å²) in [5, 5.41) is 9.75. The molecule has 0 radical (unpaired) electrons. The molecular formula is C11H12N4. The normalized spacial score (nSPS) is 10.5. The molecule has 0 aliphatic heterocycles. The summed E-state index contributed by atoms with van der Waals surface area (Å²) in [5.41, 5.74) is 2.10. The van der Waals surface area contributed by atoms with E-state index in [1.54, 1.807) is 6.20 Å². The SMILES string of the molecule is CCc1cc2cnc(C#N)nc2n1CC. The van der Waals surface area contributed by atoms with Gasteiger partial charge in [-0.3, -0.25) is 0 Å². The van der Waals surface area contributed by atoms with E-state index in [0.717, 1.165) is 24.0 Å². The third-order valence-corrected chi connectivity index (χ3v) is 2.50. The molecule has 4 heteroatoms. The van der Waals surface area contributed by atoms with Crippen LogP contribution in [0.1, 0.15) is 25.4 Å². The van der Waals surface area contributed by atoms with Crippen LogP contribution in [-0.4, -0.2) is 14.5 Å². The van der Waals surface area contributed by atoms with Crippen LogP contribution in [0, 0.1) is 11.3 Å². The zero-order valence-corrected chi connectivity index (χ0v) is 8.86. The summed E-state index contributed by atoms with van der Waals surface area (Å²) in [6.45, 7) is 5.06. The van der Waals surface area contributed by atoms with E-state index < -0.39 is 0 Å². The van der Waals surface area contributed by atoms with E-state index in [1.165, 1.54) is 5.69 Å². The first-order valence-corrected chi connectivity index (χ1v) is 5.05. The zero-order chi connectivity index (χ0) is 10.8. The van der Waals surface area contributed by atoms with E-state index in [9.17, 15) is 0 Å². The minimum Gasteiger partial charge on any atom is -0.330 e. The Morgan fingerprint density at radius 1 is 1.47 bits per heavy atom. The van der Waals surface area contributed by atoms with Gasteiger partial charge in [-0.2, -0.15) is 5.26 Å². The van der Waals surface area contributed by atoms with Crippen LogP contribution in [0.5, 0.6) is 0 Å². The largest absolute Gasteiger partial charge is 0.330 e. The van der Waals surface area contributed by atoms with Gasteiger partial charge in [0, 0.05) is 23.8 Å². The van der Waals surface area contributed by atoms with Gasteiger partial charge in [0.2, 0.25) is 5.82 Å². The summed E-state index contributed by atoms with van der Waals surface area (Å²) in [6, 6.07) is 4.05. The van der Waals surface area contributed by atoms with Crippen LogP contribution in [0.2, 0.25) is 0 Å². The summed E-state index contributed by atoms with van der Waals surface area (Å²) in [7, 11) is 0. The second-order valence-electron chi connectivity index (χ2n) is 3.32. The fourth-order valence-corrected chi connectivity index (χ4v) is 1.79. The third kappa shape index (κ3) is 1.46. The summed E-state index contributed by atoms with van der Waals surface area (Å²) < 4.78 is 2.12. The van der Waals surface area contributed by atoms with Crippen molar-refractivity contribution in [3.63, 3.8) is 0 Å². The predicted octanol–water partition coefficient (Wildman–Crippen LogP) is 1.89. The molecule has 0 fully saturated rings. The zero-order valence-electron chi connectivity index (χ0n) is 8.86. The Bertz CT molecular complexity index is 533. The monoisotopic (exact) mass is 200 g/mol. The van der Waals surface area contributed by atoms with E-state index in [2.05, 4.69) is 34.4 Å². The van der Waals surface area contributed by atoms with Crippen LogP contribution in [-0.2, 0) is 13.0 Å². The van der Waals surface area contributed by atoms with Gasteiger partial charge in [-0.25, -0.2) is 9.97 Å². The molecule has 2 aromatic rings. The number of nitriles is 1. The van der Waals surface area contributed by atoms with Crippen molar-refractivity contribution in [1.82, 2.24) is 14.5 Å².